The largest absolute Gasteiger partial charge is 0.455 e. The lowest BCUT2D eigenvalue weighted by Crippen LogP contribution is -2.34. The number of aryl methyl sites for hydroxylation is 1. The van der Waals surface area contributed by atoms with Crippen molar-refractivity contribution in [3.8, 4) is 11.5 Å². The van der Waals surface area contributed by atoms with E-state index < -0.39 is 10.0 Å². The fraction of sp³-hybridized carbons (Fsp3) is 0.174. The molecule has 6 nitrogen and oxygen atoms in total. The number of rotatable bonds is 5. The second kappa shape index (κ2) is 8.61. The van der Waals surface area contributed by atoms with Crippen LogP contribution in [-0.2, 0) is 16.4 Å². The maximum absolute atomic E-state index is 13.0. The van der Waals surface area contributed by atoms with Crippen LogP contribution in [0.25, 0.3) is 0 Å². The summed E-state index contributed by atoms with van der Waals surface area (Å²) < 4.78 is 31.4. The van der Waals surface area contributed by atoms with Crippen LogP contribution in [0.2, 0.25) is 5.02 Å². The van der Waals surface area contributed by atoms with Gasteiger partial charge in [0.15, 0.2) is 5.75 Å². The predicted octanol–water partition coefficient (Wildman–Crippen LogP) is 5.10. The summed E-state index contributed by atoms with van der Waals surface area (Å²) in [5, 5.41) is 3.32. The first kappa shape index (κ1) is 21.2. The van der Waals surface area contributed by atoms with Crippen LogP contribution < -0.4 is 14.4 Å². The van der Waals surface area contributed by atoms with E-state index in [1.54, 1.807) is 36.4 Å². The predicted molar refractivity (Wildman–Crippen MR) is 123 cm³/mol. The van der Waals surface area contributed by atoms with Gasteiger partial charge >= 0.3 is 0 Å². The molecule has 0 bridgehead atoms. The van der Waals surface area contributed by atoms with Crippen LogP contribution in [0.5, 0.6) is 11.5 Å². The summed E-state index contributed by atoms with van der Waals surface area (Å²) in [7, 11) is -3.36. The molecule has 0 aliphatic carbocycles. The molecule has 0 saturated heterocycles. The quantitative estimate of drug-likeness (QED) is 0.579. The van der Waals surface area contributed by atoms with Gasteiger partial charge in [-0.25, -0.2) is 8.42 Å². The minimum atomic E-state index is -3.36. The Labute approximate surface area is 186 Å². The zero-order valence-corrected chi connectivity index (χ0v) is 18.4. The summed E-state index contributed by atoms with van der Waals surface area (Å²) in [5.41, 5.74) is 2.33. The van der Waals surface area contributed by atoms with E-state index in [0.29, 0.717) is 52.8 Å². The number of para-hydroxylation sites is 1. The van der Waals surface area contributed by atoms with Crippen LogP contribution in [0, 0.1) is 0 Å². The Hall–Kier alpha value is -3.03. The van der Waals surface area contributed by atoms with Crippen LogP contribution in [0.15, 0.2) is 66.7 Å². The molecule has 0 fully saturated rings. The van der Waals surface area contributed by atoms with Gasteiger partial charge in [0, 0.05) is 17.1 Å². The van der Waals surface area contributed by atoms with Gasteiger partial charge in [-0.1, -0.05) is 29.8 Å². The maximum atomic E-state index is 13.0. The molecule has 1 heterocycles. The molecule has 0 unspecified atom stereocenters. The van der Waals surface area contributed by atoms with Gasteiger partial charge in [0.1, 0.15) is 5.75 Å². The molecule has 3 aromatic carbocycles. The van der Waals surface area contributed by atoms with Crippen molar-refractivity contribution in [2.75, 3.05) is 22.4 Å². The second-order valence-corrected chi connectivity index (χ2v) is 9.64. The standard InChI is InChI=1S/C23H21ClN2O4S/c1-31(28,29)26-13-5-6-16-14-17(9-11-21(16)26)23(27)25-20-15-18(24)10-12-22(20)30-19-7-3-2-4-8-19/h2-4,7-12,14-15H,5-6,13H2,1H3,(H,25,27). The molecule has 1 aliphatic heterocycles. The van der Waals surface area contributed by atoms with E-state index in [0.717, 1.165) is 5.56 Å². The molecule has 0 saturated carbocycles. The number of amides is 1. The fourth-order valence-electron chi connectivity index (χ4n) is 3.55. The van der Waals surface area contributed by atoms with Crippen LogP contribution in [0.4, 0.5) is 11.4 Å². The lowest BCUT2D eigenvalue weighted by Gasteiger charge is -2.29. The van der Waals surface area contributed by atoms with Crippen molar-refractivity contribution in [3.05, 3.63) is 82.9 Å². The summed E-state index contributed by atoms with van der Waals surface area (Å²) in [6.07, 6.45) is 2.60. The Morgan fingerprint density at radius 1 is 1.06 bits per heavy atom. The van der Waals surface area contributed by atoms with Crippen molar-refractivity contribution in [2.24, 2.45) is 0 Å². The maximum Gasteiger partial charge on any atom is 0.255 e. The highest BCUT2D eigenvalue weighted by Gasteiger charge is 2.25. The van der Waals surface area contributed by atoms with E-state index in [2.05, 4.69) is 5.32 Å². The van der Waals surface area contributed by atoms with Gasteiger partial charge in [0.25, 0.3) is 5.91 Å². The van der Waals surface area contributed by atoms with Crippen molar-refractivity contribution >= 4 is 38.9 Å². The number of fused-ring (bicyclic) bond motifs is 1. The highest BCUT2D eigenvalue weighted by Crippen LogP contribution is 2.33. The minimum absolute atomic E-state index is 0.334. The number of hydrogen-bond donors (Lipinski definition) is 1. The van der Waals surface area contributed by atoms with E-state index in [9.17, 15) is 13.2 Å². The highest BCUT2D eigenvalue weighted by molar-refractivity contribution is 7.92. The first-order valence-corrected chi connectivity index (χ1v) is 12.0. The van der Waals surface area contributed by atoms with Gasteiger partial charge < -0.3 is 10.1 Å². The number of benzene rings is 3. The summed E-state index contributed by atoms with van der Waals surface area (Å²) >= 11 is 6.13. The van der Waals surface area contributed by atoms with Gasteiger partial charge in [-0.3, -0.25) is 9.10 Å². The molecule has 0 radical (unpaired) electrons. The lowest BCUT2D eigenvalue weighted by molar-refractivity contribution is 0.102. The lowest BCUT2D eigenvalue weighted by atomic mass is 10.0. The summed E-state index contributed by atoms with van der Waals surface area (Å²) in [4.78, 5) is 13.0. The monoisotopic (exact) mass is 456 g/mol. The SMILES string of the molecule is CS(=O)(=O)N1CCCc2cc(C(=O)Nc3cc(Cl)ccc3Oc3ccccc3)ccc21. The van der Waals surface area contributed by atoms with Gasteiger partial charge in [-0.05, 0) is 66.9 Å². The smallest absolute Gasteiger partial charge is 0.255 e. The number of carbonyl (C=O) groups excluding carboxylic acids is 1. The number of halogens is 1. The summed E-state index contributed by atoms with van der Waals surface area (Å²) in [6, 6.07) is 19.3. The van der Waals surface area contributed by atoms with E-state index >= 15 is 0 Å². The van der Waals surface area contributed by atoms with E-state index in [4.69, 9.17) is 16.3 Å². The number of sulfonamides is 1. The van der Waals surface area contributed by atoms with E-state index in [1.165, 1.54) is 10.6 Å². The van der Waals surface area contributed by atoms with Crippen LogP contribution in [0.3, 0.4) is 0 Å². The number of carbonyl (C=O) groups is 1. The topological polar surface area (TPSA) is 75.7 Å². The van der Waals surface area contributed by atoms with E-state index in [1.807, 2.05) is 30.3 Å². The molecule has 4 rings (SSSR count). The molecule has 160 valence electrons. The summed E-state index contributed by atoms with van der Waals surface area (Å²) in [5.74, 6) is 0.764. The van der Waals surface area contributed by atoms with E-state index in [-0.39, 0.29) is 5.91 Å². The zero-order chi connectivity index (χ0) is 22.0. The minimum Gasteiger partial charge on any atom is -0.455 e. The Bertz CT molecular complexity index is 1230. The van der Waals surface area contributed by atoms with Crippen molar-refractivity contribution in [2.45, 2.75) is 12.8 Å². The average molecular weight is 457 g/mol. The molecule has 0 aromatic heterocycles. The number of nitrogens with zero attached hydrogens (tertiary/aromatic N) is 1. The third-order valence-corrected chi connectivity index (χ3v) is 6.39. The van der Waals surface area contributed by atoms with Gasteiger partial charge in [-0.2, -0.15) is 0 Å². The molecular weight excluding hydrogens is 436 g/mol. The van der Waals surface area contributed by atoms with Crippen molar-refractivity contribution in [3.63, 3.8) is 0 Å². The summed E-state index contributed by atoms with van der Waals surface area (Å²) in [6.45, 7) is 0.445. The molecule has 8 heteroatoms. The van der Waals surface area contributed by atoms with Gasteiger partial charge in [-0.15, -0.1) is 0 Å². The zero-order valence-electron chi connectivity index (χ0n) is 16.8. The first-order valence-electron chi connectivity index (χ1n) is 9.76. The number of nitrogens with one attached hydrogen (secondary N) is 1. The molecular formula is C23H21ClN2O4S. The number of ether oxygens (including phenoxy) is 1. The fourth-order valence-corrected chi connectivity index (χ4v) is 4.72. The molecule has 31 heavy (non-hydrogen) atoms. The molecule has 1 N–H and O–H groups in total. The molecule has 1 amide bonds. The number of hydrogen-bond acceptors (Lipinski definition) is 4. The van der Waals surface area contributed by atoms with Gasteiger partial charge in [0.05, 0.1) is 17.6 Å². The Morgan fingerprint density at radius 2 is 1.84 bits per heavy atom. The van der Waals surface area contributed by atoms with Gasteiger partial charge in [0.2, 0.25) is 10.0 Å². The molecule has 1 aliphatic rings. The second-order valence-electron chi connectivity index (χ2n) is 7.29. The number of anilines is 2. The van der Waals surface area contributed by atoms with Crippen LogP contribution in [0.1, 0.15) is 22.3 Å². The first-order chi connectivity index (χ1) is 14.8. The van der Waals surface area contributed by atoms with Crippen molar-refractivity contribution in [1.82, 2.24) is 0 Å². The van der Waals surface area contributed by atoms with Crippen LogP contribution in [-0.4, -0.2) is 27.1 Å². The normalized spacial score (nSPS) is 13.4. The molecule has 3 aromatic rings. The average Bonchev–Trinajstić information content (AvgIpc) is 2.75. The Morgan fingerprint density at radius 3 is 2.58 bits per heavy atom. The van der Waals surface area contributed by atoms with Crippen molar-refractivity contribution < 1.29 is 17.9 Å². The molecule has 0 atom stereocenters. The van der Waals surface area contributed by atoms with Crippen LogP contribution >= 0.6 is 11.6 Å². The third kappa shape index (κ3) is 4.84. The molecule has 0 spiro atoms. The highest BCUT2D eigenvalue weighted by atomic mass is 35.5. The van der Waals surface area contributed by atoms with Crippen molar-refractivity contribution in [1.29, 1.82) is 0 Å². The Balaban J connectivity index is 1.60. The Kier molecular flexibility index (Phi) is 5.89. The third-order valence-electron chi connectivity index (χ3n) is 4.98.